The van der Waals surface area contributed by atoms with Gasteiger partial charge in [-0.15, -0.1) is 0 Å². The molecule has 0 radical (unpaired) electrons. The van der Waals surface area contributed by atoms with Gasteiger partial charge in [0, 0.05) is 0 Å². The van der Waals surface area contributed by atoms with E-state index in [9.17, 15) is 5.11 Å². The van der Waals surface area contributed by atoms with Crippen LogP contribution >= 0.6 is 0 Å². The van der Waals surface area contributed by atoms with Crippen molar-refractivity contribution in [1.29, 1.82) is 0 Å². The lowest BCUT2D eigenvalue weighted by Gasteiger charge is -2.34. The molecule has 1 fully saturated rings. The molecule has 1 nitrogen and oxygen atoms in total. The summed E-state index contributed by atoms with van der Waals surface area (Å²) in [4.78, 5) is 0. The molecule has 0 aromatic heterocycles. The summed E-state index contributed by atoms with van der Waals surface area (Å²) in [5.74, 6) is 2.22. The number of rotatable bonds is 6. The first-order chi connectivity index (χ1) is 7.63. The van der Waals surface area contributed by atoms with Crippen molar-refractivity contribution < 1.29 is 5.11 Å². The fourth-order valence-electron chi connectivity index (χ4n) is 3.34. The number of hydrogen-bond donors (Lipinski definition) is 1. The van der Waals surface area contributed by atoms with Gasteiger partial charge in [0.2, 0.25) is 0 Å². The standard InChI is InChI=1S/C15H30O/c1-4-5-6-7-8-15(16)14-10-12(2)9-13(3)11-14/h12-16H,4-11H2,1-3H3. The van der Waals surface area contributed by atoms with E-state index in [4.69, 9.17) is 0 Å². The van der Waals surface area contributed by atoms with Crippen molar-refractivity contribution in [2.45, 2.75) is 78.2 Å². The van der Waals surface area contributed by atoms with Gasteiger partial charge in [-0.1, -0.05) is 46.5 Å². The van der Waals surface area contributed by atoms with E-state index in [0.717, 1.165) is 18.3 Å². The molecule has 0 heterocycles. The predicted molar refractivity (Wildman–Crippen MR) is 70.4 cm³/mol. The van der Waals surface area contributed by atoms with Crippen LogP contribution in [0.1, 0.15) is 72.1 Å². The molecular formula is C15H30O. The fraction of sp³-hybridized carbons (Fsp3) is 1.00. The van der Waals surface area contributed by atoms with Crippen molar-refractivity contribution in [2.24, 2.45) is 17.8 Å². The van der Waals surface area contributed by atoms with Crippen molar-refractivity contribution in [2.75, 3.05) is 0 Å². The molecule has 96 valence electrons. The first kappa shape index (κ1) is 14.0. The van der Waals surface area contributed by atoms with E-state index in [1.807, 2.05) is 0 Å². The molecule has 0 aliphatic heterocycles. The van der Waals surface area contributed by atoms with Crippen molar-refractivity contribution >= 4 is 0 Å². The second-order valence-electron chi connectivity index (χ2n) is 6.09. The summed E-state index contributed by atoms with van der Waals surface area (Å²) in [7, 11) is 0. The molecule has 0 spiro atoms. The van der Waals surface area contributed by atoms with Gasteiger partial charge in [-0.25, -0.2) is 0 Å². The summed E-state index contributed by atoms with van der Waals surface area (Å²) in [5.41, 5.74) is 0. The van der Waals surface area contributed by atoms with E-state index in [2.05, 4.69) is 20.8 Å². The van der Waals surface area contributed by atoms with Crippen LogP contribution in [0.3, 0.4) is 0 Å². The summed E-state index contributed by atoms with van der Waals surface area (Å²) >= 11 is 0. The first-order valence-corrected chi connectivity index (χ1v) is 7.31. The van der Waals surface area contributed by atoms with Gasteiger partial charge in [-0.2, -0.15) is 0 Å². The van der Waals surface area contributed by atoms with E-state index in [1.165, 1.54) is 44.9 Å². The third kappa shape index (κ3) is 4.86. The highest BCUT2D eigenvalue weighted by molar-refractivity contribution is 4.79. The van der Waals surface area contributed by atoms with Gasteiger partial charge in [-0.3, -0.25) is 0 Å². The van der Waals surface area contributed by atoms with Gasteiger partial charge < -0.3 is 5.11 Å². The zero-order chi connectivity index (χ0) is 12.0. The highest BCUT2D eigenvalue weighted by Crippen LogP contribution is 2.35. The Balaban J connectivity index is 2.21. The summed E-state index contributed by atoms with van der Waals surface area (Å²) in [6.45, 7) is 6.92. The molecule has 16 heavy (non-hydrogen) atoms. The van der Waals surface area contributed by atoms with Crippen LogP contribution in [0.25, 0.3) is 0 Å². The molecule has 0 saturated heterocycles. The maximum absolute atomic E-state index is 10.2. The van der Waals surface area contributed by atoms with Crippen LogP contribution in [0.15, 0.2) is 0 Å². The number of aliphatic hydroxyl groups is 1. The predicted octanol–water partition coefficient (Wildman–Crippen LogP) is 4.39. The second kappa shape index (κ2) is 7.32. The average Bonchev–Trinajstić information content (AvgIpc) is 2.22. The van der Waals surface area contributed by atoms with Gasteiger partial charge in [0.1, 0.15) is 0 Å². The summed E-state index contributed by atoms with van der Waals surface area (Å²) in [6, 6.07) is 0. The van der Waals surface area contributed by atoms with Crippen LogP contribution < -0.4 is 0 Å². The molecule has 1 saturated carbocycles. The molecule has 0 amide bonds. The maximum atomic E-state index is 10.2. The zero-order valence-electron chi connectivity index (χ0n) is 11.4. The van der Waals surface area contributed by atoms with Gasteiger partial charge in [-0.05, 0) is 43.4 Å². The first-order valence-electron chi connectivity index (χ1n) is 7.31. The Morgan fingerprint density at radius 2 is 1.62 bits per heavy atom. The molecule has 3 unspecified atom stereocenters. The van der Waals surface area contributed by atoms with Crippen LogP contribution in [-0.2, 0) is 0 Å². The average molecular weight is 226 g/mol. The SMILES string of the molecule is CCCCCCC(O)C1CC(C)CC(C)C1. The summed E-state index contributed by atoms with van der Waals surface area (Å²) < 4.78 is 0. The van der Waals surface area contributed by atoms with E-state index < -0.39 is 0 Å². The molecule has 1 rings (SSSR count). The van der Waals surface area contributed by atoms with Gasteiger partial charge in [0.25, 0.3) is 0 Å². The van der Waals surface area contributed by atoms with Gasteiger partial charge >= 0.3 is 0 Å². The van der Waals surface area contributed by atoms with Crippen molar-refractivity contribution in [3.63, 3.8) is 0 Å². The minimum Gasteiger partial charge on any atom is -0.393 e. The van der Waals surface area contributed by atoms with Crippen LogP contribution in [-0.4, -0.2) is 11.2 Å². The smallest absolute Gasteiger partial charge is 0.0568 e. The molecule has 1 heteroatoms. The topological polar surface area (TPSA) is 20.2 Å². The second-order valence-corrected chi connectivity index (χ2v) is 6.09. The Morgan fingerprint density at radius 3 is 2.19 bits per heavy atom. The van der Waals surface area contributed by atoms with Gasteiger partial charge in [0.15, 0.2) is 0 Å². The van der Waals surface area contributed by atoms with E-state index in [0.29, 0.717) is 5.92 Å². The van der Waals surface area contributed by atoms with Crippen molar-refractivity contribution in [3.8, 4) is 0 Å². The van der Waals surface area contributed by atoms with Crippen molar-refractivity contribution in [3.05, 3.63) is 0 Å². The van der Waals surface area contributed by atoms with Crippen molar-refractivity contribution in [1.82, 2.24) is 0 Å². The monoisotopic (exact) mass is 226 g/mol. The highest BCUT2D eigenvalue weighted by atomic mass is 16.3. The normalized spacial score (nSPS) is 32.6. The Morgan fingerprint density at radius 1 is 1.00 bits per heavy atom. The largest absolute Gasteiger partial charge is 0.393 e. The Labute approximate surface area is 102 Å². The molecule has 3 atom stereocenters. The van der Waals surface area contributed by atoms with Crippen LogP contribution in [0, 0.1) is 17.8 Å². The Kier molecular flexibility index (Phi) is 6.41. The zero-order valence-corrected chi connectivity index (χ0v) is 11.4. The highest BCUT2D eigenvalue weighted by Gasteiger charge is 2.28. The lowest BCUT2D eigenvalue weighted by molar-refractivity contribution is 0.0479. The fourth-order valence-corrected chi connectivity index (χ4v) is 3.34. The third-order valence-corrected chi connectivity index (χ3v) is 4.11. The molecule has 1 N–H and O–H groups in total. The number of unbranched alkanes of at least 4 members (excludes halogenated alkanes) is 3. The molecule has 1 aliphatic carbocycles. The Hall–Kier alpha value is -0.0400. The lowest BCUT2D eigenvalue weighted by atomic mass is 9.74. The third-order valence-electron chi connectivity index (χ3n) is 4.11. The summed E-state index contributed by atoms with van der Waals surface area (Å²) in [5, 5.41) is 10.2. The molecule has 0 aromatic carbocycles. The minimum absolute atomic E-state index is 0.0259. The van der Waals surface area contributed by atoms with Gasteiger partial charge in [0.05, 0.1) is 6.10 Å². The number of hydrogen-bond acceptors (Lipinski definition) is 1. The number of aliphatic hydroxyl groups excluding tert-OH is 1. The van der Waals surface area contributed by atoms with E-state index in [-0.39, 0.29) is 6.10 Å². The molecular weight excluding hydrogens is 196 g/mol. The van der Waals surface area contributed by atoms with E-state index >= 15 is 0 Å². The molecule has 1 aliphatic rings. The molecule has 0 bridgehead atoms. The van der Waals surface area contributed by atoms with Crippen LogP contribution in [0.5, 0.6) is 0 Å². The lowest BCUT2D eigenvalue weighted by Crippen LogP contribution is -2.29. The quantitative estimate of drug-likeness (QED) is 0.666. The van der Waals surface area contributed by atoms with Crippen LogP contribution in [0.2, 0.25) is 0 Å². The maximum Gasteiger partial charge on any atom is 0.0568 e. The molecule has 0 aromatic rings. The summed E-state index contributed by atoms with van der Waals surface area (Å²) in [6.07, 6.45) is 9.99. The minimum atomic E-state index is -0.0259. The van der Waals surface area contributed by atoms with Crippen LogP contribution in [0.4, 0.5) is 0 Å². The Bertz CT molecular complexity index is 168. The van der Waals surface area contributed by atoms with E-state index in [1.54, 1.807) is 0 Å².